The van der Waals surface area contributed by atoms with Gasteiger partial charge >= 0.3 is 0 Å². The highest BCUT2D eigenvalue weighted by Crippen LogP contribution is 2.34. The lowest BCUT2D eigenvalue weighted by molar-refractivity contribution is -0.118. The summed E-state index contributed by atoms with van der Waals surface area (Å²) >= 11 is 3.63. The molecule has 0 spiro atoms. The van der Waals surface area contributed by atoms with E-state index in [0.717, 1.165) is 34.4 Å². The van der Waals surface area contributed by atoms with Gasteiger partial charge in [-0.1, -0.05) is 66.2 Å². The summed E-state index contributed by atoms with van der Waals surface area (Å²) in [6.07, 6.45) is 6.34. The Hall–Kier alpha value is -2.05. The zero-order valence-electron chi connectivity index (χ0n) is 18.9. The van der Waals surface area contributed by atoms with Crippen LogP contribution in [0.3, 0.4) is 0 Å². The Morgan fingerprint density at radius 1 is 0.968 bits per heavy atom. The largest absolute Gasteiger partial charge is 0.490 e. The number of halogens is 1. The molecule has 2 N–H and O–H groups in total. The van der Waals surface area contributed by atoms with Crippen molar-refractivity contribution in [2.24, 2.45) is 0 Å². The molecule has 0 atom stereocenters. The molecule has 0 aliphatic carbocycles. The van der Waals surface area contributed by atoms with Crippen molar-refractivity contribution >= 4 is 27.5 Å². The first kappa shape index (κ1) is 25.2. The second-order valence-electron chi connectivity index (χ2n) is 7.62. The number of unbranched alkanes of at least 4 members (excludes halogenated alkanes) is 4. The predicted molar refractivity (Wildman–Crippen MR) is 131 cm³/mol. The van der Waals surface area contributed by atoms with Gasteiger partial charge in [0.25, 0.3) is 5.91 Å². The van der Waals surface area contributed by atoms with Crippen molar-refractivity contribution in [2.75, 3.05) is 25.1 Å². The number of carbonyl (C=O) groups excluding carboxylic acids is 1. The van der Waals surface area contributed by atoms with Crippen molar-refractivity contribution in [3.8, 4) is 11.5 Å². The van der Waals surface area contributed by atoms with Gasteiger partial charge in [-0.2, -0.15) is 0 Å². The molecule has 0 aliphatic rings. The van der Waals surface area contributed by atoms with E-state index in [4.69, 9.17) is 9.47 Å². The minimum Gasteiger partial charge on any atom is -0.490 e. The average Bonchev–Trinajstić information content (AvgIpc) is 2.75. The van der Waals surface area contributed by atoms with Gasteiger partial charge in [0.05, 0.1) is 6.61 Å². The number of benzene rings is 2. The molecule has 0 bridgehead atoms. The van der Waals surface area contributed by atoms with Gasteiger partial charge in [0.15, 0.2) is 18.1 Å². The highest BCUT2D eigenvalue weighted by Gasteiger charge is 2.13. The van der Waals surface area contributed by atoms with Crippen LogP contribution < -0.4 is 20.1 Å². The van der Waals surface area contributed by atoms with Crippen molar-refractivity contribution in [3.05, 3.63) is 52.0 Å². The lowest BCUT2D eigenvalue weighted by atomic mass is 10.1. The normalized spacial score (nSPS) is 10.7. The lowest BCUT2D eigenvalue weighted by Gasteiger charge is -2.15. The monoisotopic (exact) mass is 490 g/mol. The predicted octanol–water partition coefficient (Wildman–Crippen LogP) is 6.23. The number of anilines is 1. The van der Waals surface area contributed by atoms with E-state index in [1.165, 1.54) is 32.1 Å². The van der Waals surface area contributed by atoms with Crippen LogP contribution >= 0.6 is 15.9 Å². The Kier molecular flexibility index (Phi) is 11.5. The smallest absolute Gasteiger partial charge is 0.262 e. The Bertz CT molecular complexity index is 809. The third kappa shape index (κ3) is 9.32. The molecule has 31 heavy (non-hydrogen) atoms. The van der Waals surface area contributed by atoms with E-state index in [0.29, 0.717) is 18.1 Å². The van der Waals surface area contributed by atoms with Crippen molar-refractivity contribution in [2.45, 2.75) is 59.4 Å². The molecule has 2 rings (SSSR count). The average molecular weight is 491 g/mol. The summed E-state index contributed by atoms with van der Waals surface area (Å²) in [7, 11) is 0. The van der Waals surface area contributed by atoms with Gasteiger partial charge in [0.2, 0.25) is 0 Å². The SMILES string of the molecule is CCCCCCCNCc1cc(OCC)c(OCC(=O)Nc2ccc(C)cc2)cc1Br. The van der Waals surface area contributed by atoms with Crippen LogP contribution in [-0.2, 0) is 11.3 Å². The van der Waals surface area contributed by atoms with Crippen molar-refractivity contribution in [1.82, 2.24) is 5.32 Å². The molecule has 6 heteroatoms. The highest BCUT2D eigenvalue weighted by atomic mass is 79.9. The van der Waals surface area contributed by atoms with Crippen LogP contribution in [0.4, 0.5) is 5.69 Å². The molecule has 0 radical (unpaired) electrons. The number of amides is 1. The molecule has 0 unspecified atom stereocenters. The zero-order valence-corrected chi connectivity index (χ0v) is 20.5. The van der Waals surface area contributed by atoms with Gasteiger partial charge in [-0.05, 0) is 56.6 Å². The first-order valence-corrected chi connectivity index (χ1v) is 12.0. The molecule has 0 heterocycles. The molecule has 0 aromatic heterocycles. The molecule has 5 nitrogen and oxygen atoms in total. The van der Waals surface area contributed by atoms with Gasteiger partial charge < -0.3 is 20.1 Å². The highest BCUT2D eigenvalue weighted by molar-refractivity contribution is 9.10. The molecular formula is C25H35BrN2O3. The maximum absolute atomic E-state index is 12.3. The molecule has 0 fully saturated rings. The number of rotatable bonds is 14. The Morgan fingerprint density at radius 3 is 2.39 bits per heavy atom. The number of aryl methyl sites for hydroxylation is 1. The summed E-state index contributed by atoms with van der Waals surface area (Å²) in [6.45, 7) is 8.36. The summed E-state index contributed by atoms with van der Waals surface area (Å²) < 4.78 is 12.5. The second-order valence-corrected chi connectivity index (χ2v) is 8.47. The summed E-state index contributed by atoms with van der Waals surface area (Å²) in [4.78, 5) is 12.3. The van der Waals surface area contributed by atoms with E-state index in [2.05, 4.69) is 33.5 Å². The zero-order chi connectivity index (χ0) is 22.5. The second kappa shape index (κ2) is 14.1. The number of hydrogen-bond acceptors (Lipinski definition) is 4. The maximum Gasteiger partial charge on any atom is 0.262 e. The molecule has 2 aromatic rings. The summed E-state index contributed by atoms with van der Waals surface area (Å²) in [6, 6.07) is 11.5. The Balaban J connectivity index is 1.89. The van der Waals surface area contributed by atoms with Gasteiger partial charge in [0, 0.05) is 16.7 Å². The van der Waals surface area contributed by atoms with Crippen LogP contribution in [0.15, 0.2) is 40.9 Å². The Labute approximate surface area is 195 Å². The van der Waals surface area contributed by atoms with E-state index in [9.17, 15) is 4.79 Å². The number of carbonyl (C=O) groups is 1. The molecule has 0 aliphatic heterocycles. The summed E-state index contributed by atoms with van der Waals surface area (Å²) in [5, 5.41) is 6.34. The maximum atomic E-state index is 12.3. The standard InChI is InChI=1S/C25H35BrN2O3/c1-4-6-7-8-9-14-27-17-20-15-23(30-5-2)24(16-22(20)26)31-18-25(29)28-21-12-10-19(3)11-13-21/h10-13,15-16,27H,4-9,14,17-18H2,1-3H3,(H,28,29). The van der Waals surface area contributed by atoms with Crippen LogP contribution in [0.25, 0.3) is 0 Å². The van der Waals surface area contributed by atoms with Crippen LogP contribution in [0.1, 0.15) is 57.1 Å². The Morgan fingerprint density at radius 2 is 1.68 bits per heavy atom. The fraction of sp³-hybridized carbons (Fsp3) is 0.480. The van der Waals surface area contributed by atoms with E-state index in [1.807, 2.05) is 50.2 Å². The van der Waals surface area contributed by atoms with E-state index < -0.39 is 0 Å². The lowest BCUT2D eigenvalue weighted by Crippen LogP contribution is -2.20. The third-order valence-corrected chi connectivity index (χ3v) is 5.62. The fourth-order valence-corrected chi connectivity index (χ4v) is 3.61. The number of ether oxygens (including phenoxy) is 2. The third-order valence-electron chi connectivity index (χ3n) is 4.88. The molecule has 2 aromatic carbocycles. The van der Waals surface area contributed by atoms with Crippen LogP contribution in [0, 0.1) is 6.92 Å². The van der Waals surface area contributed by atoms with Gasteiger partial charge in [-0.25, -0.2) is 0 Å². The fourth-order valence-electron chi connectivity index (χ4n) is 3.15. The molecule has 1 amide bonds. The van der Waals surface area contributed by atoms with Crippen LogP contribution in [0.2, 0.25) is 0 Å². The van der Waals surface area contributed by atoms with Crippen molar-refractivity contribution < 1.29 is 14.3 Å². The van der Waals surface area contributed by atoms with Gasteiger partial charge in [-0.3, -0.25) is 4.79 Å². The number of hydrogen-bond donors (Lipinski definition) is 2. The summed E-state index contributed by atoms with van der Waals surface area (Å²) in [5.41, 5.74) is 3.00. The van der Waals surface area contributed by atoms with Gasteiger partial charge in [-0.15, -0.1) is 0 Å². The topological polar surface area (TPSA) is 59.6 Å². The molecular weight excluding hydrogens is 456 g/mol. The summed E-state index contributed by atoms with van der Waals surface area (Å²) in [5.74, 6) is 0.987. The van der Waals surface area contributed by atoms with E-state index in [1.54, 1.807) is 0 Å². The first-order valence-electron chi connectivity index (χ1n) is 11.2. The van der Waals surface area contributed by atoms with Crippen LogP contribution in [-0.4, -0.2) is 25.7 Å². The van der Waals surface area contributed by atoms with Gasteiger partial charge in [0.1, 0.15) is 0 Å². The molecule has 0 saturated heterocycles. The first-order chi connectivity index (χ1) is 15.0. The minimum absolute atomic E-state index is 0.0876. The van der Waals surface area contributed by atoms with Crippen molar-refractivity contribution in [1.29, 1.82) is 0 Å². The quantitative estimate of drug-likeness (QED) is 0.308. The van der Waals surface area contributed by atoms with E-state index in [-0.39, 0.29) is 12.5 Å². The molecule has 0 saturated carbocycles. The number of nitrogens with one attached hydrogen (secondary N) is 2. The van der Waals surface area contributed by atoms with Crippen molar-refractivity contribution in [3.63, 3.8) is 0 Å². The van der Waals surface area contributed by atoms with Crippen LogP contribution in [0.5, 0.6) is 11.5 Å². The minimum atomic E-state index is -0.212. The molecule has 170 valence electrons. The van der Waals surface area contributed by atoms with E-state index >= 15 is 0 Å².